The molecule has 13 heavy (non-hydrogen) atoms. The van der Waals surface area contributed by atoms with Gasteiger partial charge in [-0.25, -0.2) is 0 Å². The van der Waals surface area contributed by atoms with Crippen LogP contribution in [-0.4, -0.2) is 4.98 Å². The van der Waals surface area contributed by atoms with Gasteiger partial charge in [0, 0.05) is 23.8 Å². The first-order valence-electron chi connectivity index (χ1n) is 4.08. The van der Waals surface area contributed by atoms with Crippen molar-refractivity contribution in [1.29, 1.82) is 0 Å². The van der Waals surface area contributed by atoms with Crippen LogP contribution in [0.25, 0.3) is 0 Å². The smallest absolute Gasteiger partial charge is 0.0406 e. The maximum Gasteiger partial charge on any atom is 0.0406 e. The minimum Gasteiger partial charge on any atom is -0.367 e. The second-order valence-corrected chi connectivity index (χ2v) is 3.28. The van der Waals surface area contributed by atoms with Crippen LogP contribution in [0.3, 0.4) is 0 Å². The summed E-state index contributed by atoms with van der Waals surface area (Å²) in [7, 11) is 0. The van der Waals surface area contributed by atoms with Gasteiger partial charge in [0.1, 0.15) is 0 Å². The zero-order valence-corrected chi connectivity index (χ0v) is 7.75. The second-order valence-electron chi connectivity index (χ2n) is 2.84. The second kappa shape index (κ2) is 3.67. The van der Waals surface area contributed by atoms with Gasteiger partial charge in [-0.2, -0.15) is 0 Å². The fourth-order valence-electron chi connectivity index (χ4n) is 1.18. The molecule has 1 heterocycles. The lowest BCUT2D eigenvalue weighted by molar-refractivity contribution is 1.38. The van der Waals surface area contributed by atoms with Crippen LogP contribution in [0.4, 0.5) is 0 Å². The van der Waals surface area contributed by atoms with Crippen molar-refractivity contribution in [2.24, 2.45) is 0 Å². The van der Waals surface area contributed by atoms with E-state index in [0.29, 0.717) is 0 Å². The van der Waals surface area contributed by atoms with Crippen LogP contribution in [0.5, 0.6) is 0 Å². The molecule has 1 nitrogen and oxygen atoms in total. The molecule has 0 aliphatic carbocycles. The van der Waals surface area contributed by atoms with Gasteiger partial charge >= 0.3 is 0 Å². The summed E-state index contributed by atoms with van der Waals surface area (Å²) in [6.07, 6.45) is 5.95. The van der Waals surface area contributed by atoms with E-state index in [-0.39, 0.29) is 0 Å². The molecule has 65 valence electrons. The Balaban J connectivity index is 2.15. The van der Waals surface area contributed by atoms with Gasteiger partial charge in [-0.1, -0.05) is 23.7 Å². The van der Waals surface area contributed by atoms with Crippen LogP contribution in [0.1, 0.15) is 11.1 Å². The number of H-pyrrole nitrogens is 1. The normalized spacial score (nSPS) is 10.2. The first-order chi connectivity index (χ1) is 6.34. The van der Waals surface area contributed by atoms with Crippen molar-refractivity contribution in [2.75, 3.05) is 0 Å². The van der Waals surface area contributed by atoms with Crippen molar-refractivity contribution in [3.63, 3.8) is 0 Å². The summed E-state index contributed by atoms with van der Waals surface area (Å²) in [5, 5.41) is 0.770. The molecule has 0 fully saturated rings. The van der Waals surface area contributed by atoms with Gasteiger partial charge in [-0.05, 0) is 29.3 Å². The van der Waals surface area contributed by atoms with Crippen LogP contribution in [0.15, 0.2) is 42.7 Å². The molecule has 1 aromatic heterocycles. The van der Waals surface area contributed by atoms with E-state index in [1.54, 1.807) is 0 Å². The molecule has 0 bridgehead atoms. The lowest BCUT2D eigenvalue weighted by Gasteiger charge is -1.97. The van der Waals surface area contributed by atoms with E-state index in [9.17, 15) is 0 Å². The molecule has 0 aliphatic rings. The van der Waals surface area contributed by atoms with Gasteiger partial charge in [-0.15, -0.1) is 0 Å². The van der Waals surface area contributed by atoms with Gasteiger partial charge in [0.2, 0.25) is 0 Å². The fraction of sp³-hybridized carbons (Fsp3) is 0. The van der Waals surface area contributed by atoms with Crippen molar-refractivity contribution >= 4 is 11.6 Å². The molecule has 0 aliphatic heterocycles. The topological polar surface area (TPSA) is 15.8 Å². The molecule has 2 aromatic rings. The summed E-state index contributed by atoms with van der Waals surface area (Å²) in [4.78, 5) is 3.00. The van der Waals surface area contributed by atoms with E-state index >= 15 is 0 Å². The van der Waals surface area contributed by atoms with Crippen LogP contribution in [-0.2, 0) is 0 Å². The third-order valence-electron chi connectivity index (χ3n) is 1.83. The number of aromatic amines is 1. The molecule has 0 saturated heterocycles. The Hall–Kier alpha value is -1.21. The monoisotopic (exact) mass is 190 g/mol. The lowest BCUT2D eigenvalue weighted by atomic mass is 10.1. The third-order valence-corrected chi connectivity index (χ3v) is 2.08. The van der Waals surface area contributed by atoms with E-state index in [1.165, 1.54) is 5.56 Å². The van der Waals surface area contributed by atoms with Crippen LogP contribution in [0.2, 0.25) is 5.02 Å². The molecule has 2 rings (SSSR count). The van der Waals surface area contributed by atoms with Crippen LogP contribution in [0, 0.1) is 6.42 Å². The van der Waals surface area contributed by atoms with Gasteiger partial charge in [-0.3, -0.25) is 0 Å². The van der Waals surface area contributed by atoms with Crippen molar-refractivity contribution in [1.82, 2.24) is 4.98 Å². The molecule has 1 N–H and O–H groups in total. The number of rotatable bonds is 2. The summed E-state index contributed by atoms with van der Waals surface area (Å²) in [5.74, 6) is 0. The largest absolute Gasteiger partial charge is 0.367 e. The molecular formula is C11H9ClN. The van der Waals surface area contributed by atoms with Gasteiger partial charge < -0.3 is 4.98 Å². The molecule has 0 saturated carbocycles. The fourth-order valence-corrected chi connectivity index (χ4v) is 1.30. The number of aromatic nitrogens is 1. The molecule has 0 unspecified atom stereocenters. The number of nitrogens with one attached hydrogen (secondary N) is 1. The average molecular weight is 191 g/mol. The van der Waals surface area contributed by atoms with Gasteiger partial charge in [0.25, 0.3) is 0 Å². The SMILES string of the molecule is Clc1ccc([CH]c2cc[nH]c2)cc1. The summed E-state index contributed by atoms with van der Waals surface area (Å²) in [6.45, 7) is 0. The predicted octanol–water partition coefficient (Wildman–Crippen LogP) is 3.27. The Bertz CT molecular complexity index is 361. The van der Waals surface area contributed by atoms with Crippen molar-refractivity contribution in [3.8, 4) is 0 Å². The minimum absolute atomic E-state index is 0.770. The zero-order valence-electron chi connectivity index (χ0n) is 7.00. The zero-order chi connectivity index (χ0) is 9.10. The molecule has 2 heteroatoms. The van der Waals surface area contributed by atoms with E-state index in [2.05, 4.69) is 11.4 Å². The summed E-state index contributed by atoms with van der Waals surface area (Å²) >= 11 is 5.77. The van der Waals surface area contributed by atoms with Crippen molar-refractivity contribution in [3.05, 3.63) is 65.3 Å². The molecular weight excluding hydrogens is 182 g/mol. The van der Waals surface area contributed by atoms with Crippen molar-refractivity contribution in [2.45, 2.75) is 0 Å². The van der Waals surface area contributed by atoms with Crippen LogP contribution >= 0.6 is 11.6 Å². The molecule has 1 radical (unpaired) electrons. The number of benzene rings is 1. The highest BCUT2D eigenvalue weighted by atomic mass is 35.5. The Morgan fingerprint density at radius 3 is 2.38 bits per heavy atom. The number of hydrogen-bond donors (Lipinski definition) is 1. The predicted molar refractivity (Wildman–Crippen MR) is 54.7 cm³/mol. The molecule has 0 amide bonds. The first kappa shape index (κ1) is 8.39. The Morgan fingerprint density at radius 1 is 1.00 bits per heavy atom. The standard InChI is InChI=1S/C11H9ClN/c12-11-3-1-9(2-4-11)7-10-5-6-13-8-10/h1-8,13H. The Kier molecular flexibility index (Phi) is 2.37. The quantitative estimate of drug-likeness (QED) is 0.748. The van der Waals surface area contributed by atoms with Crippen LogP contribution < -0.4 is 0 Å². The summed E-state index contributed by atoms with van der Waals surface area (Å²) < 4.78 is 0. The summed E-state index contributed by atoms with van der Waals surface area (Å²) in [5.41, 5.74) is 2.33. The highest BCUT2D eigenvalue weighted by molar-refractivity contribution is 6.30. The minimum atomic E-state index is 0.770. The third kappa shape index (κ3) is 2.13. The highest BCUT2D eigenvalue weighted by Gasteiger charge is 1.96. The summed E-state index contributed by atoms with van der Waals surface area (Å²) in [6, 6.07) is 9.79. The first-order valence-corrected chi connectivity index (χ1v) is 4.45. The van der Waals surface area contributed by atoms with E-state index in [4.69, 9.17) is 11.6 Å². The lowest BCUT2D eigenvalue weighted by Crippen LogP contribution is -1.80. The van der Waals surface area contributed by atoms with Gasteiger partial charge in [0.15, 0.2) is 0 Å². The maximum atomic E-state index is 5.77. The Morgan fingerprint density at radius 2 is 1.77 bits per heavy atom. The molecule has 0 atom stereocenters. The number of halogens is 1. The maximum absolute atomic E-state index is 5.77. The van der Waals surface area contributed by atoms with E-state index in [1.807, 2.05) is 42.7 Å². The average Bonchev–Trinajstić information content (AvgIpc) is 2.62. The number of hydrogen-bond acceptors (Lipinski definition) is 0. The van der Waals surface area contributed by atoms with Gasteiger partial charge in [0.05, 0.1) is 0 Å². The van der Waals surface area contributed by atoms with Crippen molar-refractivity contribution < 1.29 is 0 Å². The van der Waals surface area contributed by atoms with E-state index < -0.39 is 0 Å². The molecule has 1 aromatic carbocycles. The highest BCUT2D eigenvalue weighted by Crippen LogP contribution is 2.14. The van der Waals surface area contributed by atoms with E-state index in [0.717, 1.165) is 10.6 Å². The molecule has 0 spiro atoms. The Labute approximate surface area is 82.4 Å².